The second-order valence-electron chi connectivity index (χ2n) is 5.20. The van der Waals surface area contributed by atoms with Gasteiger partial charge >= 0.3 is 0 Å². The van der Waals surface area contributed by atoms with E-state index in [-0.39, 0.29) is 12.5 Å². The molecule has 1 aliphatic rings. The maximum Gasteiger partial charge on any atom is 0.216 e. The Kier molecular flexibility index (Phi) is 4.98. The Morgan fingerprint density at radius 1 is 1.30 bits per heavy atom. The number of carbonyl (C=O) groups is 1. The number of nitrogens with zero attached hydrogens (tertiary/aromatic N) is 1. The van der Waals surface area contributed by atoms with Crippen molar-refractivity contribution in [2.45, 2.75) is 32.0 Å². The van der Waals surface area contributed by atoms with Crippen LogP contribution >= 0.6 is 0 Å². The van der Waals surface area contributed by atoms with Gasteiger partial charge in [-0.05, 0) is 18.9 Å². The molecule has 0 aliphatic carbocycles. The van der Waals surface area contributed by atoms with Crippen molar-refractivity contribution in [2.24, 2.45) is 0 Å². The van der Waals surface area contributed by atoms with Crippen molar-refractivity contribution < 1.29 is 15.0 Å². The molecule has 1 aliphatic heterocycles. The van der Waals surface area contributed by atoms with Crippen molar-refractivity contribution in [3.05, 3.63) is 29.8 Å². The van der Waals surface area contributed by atoms with Crippen LogP contribution in [-0.4, -0.2) is 41.9 Å². The van der Waals surface area contributed by atoms with Crippen molar-refractivity contribution in [1.29, 1.82) is 0 Å². The van der Waals surface area contributed by atoms with E-state index in [1.54, 1.807) is 0 Å². The van der Waals surface area contributed by atoms with Crippen molar-refractivity contribution in [3.63, 3.8) is 0 Å². The molecule has 1 saturated heterocycles. The molecule has 0 radical (unpaired) electrons. The Morgan fingerprint density at radius 2 is 1.95 bits per heavy atom. The maximum atomic E-state index is 10.9. The minimum Gasteiger partial charge on any atom is -0.388 e. The van der Waals surface area contributed by atoms with Gasteiger partial charge in [0.25, 0.3) is 0 Å². The molecule has 0 aromatic heterocycles. The molecule has 0 spiro atoms. The molecule has 0 bridgehead atoms. The highest BCUT2D eigenvalue weighted by molar-refractivity contribution is 5.72. The third-order valence-corrected chi connectivity index (χ3v) is 3.63. The number of amides is 1. The van der Waals surface area contributed by atoms with Crippen molar-refractivity contribution >= 4 is 11.6 Å². The zero-order chi connectivity index (χ0) is 14.5. The fourth-order valence-corrected chi connectivity index (χ4v) is 2.55. The predicted molar refractivity (Wildman–Crippen MR) is 77.5 cm³/mol. The second-order valence-corrected chi connectivity index (χ2v) is 5.20. The molecular weight excluding hydrogens is 256 g/mol. The number of anilines is 1. The molecular formula is C15H22N2O3. The highest BCUT2D eigenvalue weighted by Crippen LogP contribution is 2.30. The summed E-state index contributed by atoms with van der Waals surface area (Å²) in [6, 6.07) is 7.58. The summed E-state index contributed by atoms with van der Waals surface area (Å²) in [6.07, 6.45) is 0.291. The van der Waals surface area contributed by atoms with Gasteiger partial charge in [0.2, 0.25) is 5.91 Å². The van der Waals surface area contributed by atoms with Gasteiger partial charge in [0.05, 0.1) is 0 Å². The molecule has 2 atom stereocenters. The molecule has 5 heteroatoms. The van der Waals surface area contributed by atoms with Crippen LogP contribution in [0.4, 0.5) is 5.69 Å². The number of aliphatic hydroxyl groups excluding tert-OH is 2. The van der Waals surface area contributed by atoms with E-state index in [4.69, 9.17) is 0 Å². The lowest BCUT2D eigenvalue weighted by Gasteiger charge is -2.26. The average Bonchev–Trinajstić information content (AvgIpc) is 2.98. The van der Waals surface area contributed by atoms with Gasteiger partial charge in [-0.15, -0.1) is 0 Å². The summed E-state index contributed by atoms with van der Waals surface area (Å²) < 4.78 is 0. The SMILES string of the molecule is CC(=O)NCC(O)C(O)c1ccccc1N1CCCC1. The zero-order valence-corrected chi connectivity index (χ0v) is 11.7. The largest absolute Gasteiger partial charge is 0.388 e. The van der Waals surface area contributed by atoms with Crippen LogP contribution in [-0.2, 0) is 4.79 Å². The lowest BCUT2D eigenvalue weighted by atomic mass is 10.0. The fraction of sp³-hybridized carbons (Fsp3) is 0.533. The molecule has 110 valence electrons. The molecule has 2 unspecified atom stereocenters. The van der Waals surface area contributed by atoms with Crippen LogP contribution in [0.2, 0.25) is 0 Å². The maximum absolute atomic E-state index is 10.9. The Bertz CT molecular complexity index is 458. The highest BCUT2D eigenvalue weighted by Gasteiger charge is 2.24. The lowest BCUT2D eigenvalue weighted by molar-refractivity contribution is -0.119. The summed E-state index contributed by atoms with van der Waals surface area (Å²) in [4.78, 5) is 13.1. The second kappa shape index (κ2) is 6.72. The summed E-state index contributed by atoms with van der Waals surface area (Å²) in [6.45, 7) is 3.39. The predicted octanol–water partition coefficient (Wildman–Crippen LogP) is 0.817. The molecule has 2 rings (SSSR count). The quantitative estimate of drug-likeness (QED) is 0.745. The third-order valence-electron chi connectivity index (χ3n) is 3.63. The molecule has 3 N–H and O–H groups in total. The van der Waals surface area contributed by atoms with Crippen molar-refractivity contribution in [1.82, 2.24) is 5.32 Å². The molecule has 1 aromatic carbocycles. The first-order chi connectivity index (χ1) is 9.59. The lowest BCUT2D eigenvalue weighted by Crippen LogP contribution is -2.34. The van der Waals surface area contributed by atoms with Crippen LogP contribution < -0.4 is 10.2 Å². The Balaban J connectivity index is 2.12. The van der Waals surface area contributed by atoms with Crippen molar-refractivity contribution in [2.75, 3.05) is 24.5 Å². The molecule has 5 nitrogen and oxygen atoms in total. The summed E-state index contributed by atoms with van der Waals surface area (Å²) in [5, 5.41) is 22.8. The zero-order valence-electron chi connectivity index (χ0n) is 11.7. The first kappa shape index (κ1) is 14.8. The van der Waals surface area contributed by atoms with E-state index < -0.39 is 12.2 Å². The van der Waals surface area contributed by atoms with E-state index in [2.05, 4.69) is 10.2 Å². The van der Waals surface area contributed by atoms with Gasteiger partial charge in [0, 0.05) is 37.8 Å². The van der Waals surface area contributed by atoms with Gasteiger partial charge in [-0.1, -0.05) is 18.2 Å². The van der Waals surface area contributed by atoms with Gasteiger partial charge in [-0.3, -0.25) is 4.79 Å². The Morgan fingerprint density at radius 3 is 2.60 bits per heavy atom. The summed E-state index contributed by atoms with van der Waals surface area (Å²) in [7, 11) is 0. The van der Waals surface area contributed by atoms with Crippen LogP contribution in [0.25, 0.3) is 0 Å². The van der Waals surface area contributed by atoms with Crippen molar-refractivity contribution in [3.8, 4) is 0 Å². The fourth-order valence-electron chi connectivity index (χ4n) is 2.55. The van der Waals surface area contributed by atoms with E-state index in [0.717, 1.165) is 31.6 Å². The Hall–Kier alpha value is -1.59. The van der Waals surface area contributed by atoms with Gasteiger partial charge in [0.15, 0.2) is 0 Å². The molecule has 1 aromatic rings. The number of para-hydroxylation sites is 1. The Labute approximate surface area is 119 Å². The van der Waals surface area contributed by atoms with E-state index in [1.165, 1.54) is 6.92 Å². The summed E-state index contributed by atoms with van der Waals surface area (Å²) in [5.74, 6) is -0.218. The number of aliphatic hydroxyl groups is 2. The van der Waals surface area contributed by atoms with Crippen LogP contribution in [0.3, 0.4) is 0 Å². The summed E-state index contributed by atoms with van der Waals surface area (Å²) >= 11 is 0. The molecule has 1 fully saturated rings. The van der Waals surface area contributed by atoms with Gasteiger partial charge < -0.3 is 20.4 Å². The third kappa shape index (κ3) is 3.49. The first-order valence-electron chi connectivity index (χ1n) is 7.04. The molecule has 20 heavy (non-hydrogen) atoms. The number of hydrogen-bond acceptors (Lipinski definition) is 4. The van der Waals surface area contributed by atoms with Gasteiger partial charge in [-0.25, -0.2) is 0 Å². The van der Waals surface area contributed by atoms with E-state index in [9.17, 15) is 15.0 Å². The first-order valence-corrected chi connectivity index (χ1v) is 7.04. The van der Waals surface area contributed by atoms with E-state index >= 15 is 0 Å². The van der Waals surface area contributed by atoms with Gasteiger partial charge in [-0.2, -0.15) is 0 Å². The van der Waals surface area contributed by atoms with Crippen LogP contribution in [0.5, 0.6) is 0 Å². The van der Waals surface area contributed by atoms with Crippen LogP contribution in [0, 0.1) is 0 Å². The topological polar surface area (TPSA) is 72.8 Å². The number of hydrogen-bond donors (Lipinski definition) is 3. The van der Waals surface area contributed by atoms with Crippen LogP contribution in [0.1, 0.15) is 31.4 Å². The summed E-state index contributed by atoms with van der Waals surface area (Å²) in [5.41, 5.74) is 1.69. The number of carbonyl (C=O) groups excluding carboxylic acids is 1. The highest BCUT2D eigenvalue weighted by atomic mass is 16.3. The number of benzene rings is 1. The van der Waals surface area contributed by atoms with Crippen LogP contribution in [0.15, 0.2) is 24.3 Å². The van der Waals surface area contributed by atoms with E-state index in [0.29, 0.717) is 5.56 Å². The number of nitrogens with one attached hydrogen (secondary N) is 1. The molecule has 1 amide bonds. The smallest absolute Gasteiger partial charge is 0.216 e. The minimum atomic E-state index is -1.01. The van der Waals surface area contributed by atoms with Gasteiger partial charge in [0.1, 0.15) is 12.2 Å². The normalized spacial score (nSPS) is 17.9. The number of rotatable bonds is 5. The molecule has 1 heterocycles. The average molecular weight is 278 g/mol. The monoisotopic (exact) mass is 278 g/mol. The minimum absolute atomic E-state index is 0.0465. The standard InChI is InChI=1S/C15H22N2O3/c1-11(18)16-10-14(19)15(20)12-6-2-3-7-13(12)17-8-4-5-9-17/h2-3,6-7,14-15,19-20H,4-5,8-10H2,1H3,(H,16,18). The molecule has 0 saturated carbocycles. The van der Waals surface area contributed by atoms with E-state index in [1.807, 2.05) is 24.3 Å².